The van der Waals surface area contributed by atoms with Crippen molar-refractivity contribution in [3.8, 4) is 0 Å². The molecule has 1 aromatic carbocycles. The fourth-order valence-electron chi connectivity index (χ4n) is 2.38. The molecular weight excluding hydrogens is 266 g/mol. The fourth-order valence-corrected chi connectivity index (χ4v) is 2.56. The minimum absolute atomic E-state index is 0.171. The number of β-amino-alcohol motifs (C(OH)–C–C–N with tert-alkyl or cyclic N) is 1. The van der Waals surface area contributed by atoms with E-state index in [-0.39, 0.29) is 5.91 Å². The molecule has 1 unspecified atom stereocenters. The molecule has 0 aliphatic carbocycles. The second-order valence-electron chi connectivity index (χ2n) is 5.16. The smallest absolute Gasteiger partial charge is 0.256 e. The lowest BCUT2D eigenvalue weighted by molar-refractivity contribution is -0.0107. The molecule has 6 heteroatoms. The Labute approximate surface area is 117 Å². The van der Waals surface area contributed by atoms with Crippen LogP contribution in [0.3, 0.4) is 0 Å². The number of nitrogens with zero attached hydrogens (tertiary/aromatic N) is 1. The number of carbonyl (C=O) groups excluding carboxylic acids is 1. The van der Waals surface area contributed by atoms with Gasteiger partial charge in [-0.2, -0.15) is 0 Å². The molecule has 1 saturated heterocycles. The number of hydrazine groups is 1. The second kappa shape index (κ2) is 5.36. The molecule has 1 heterocycles. The summed E-state index contributed by atoms with van der Waals surface area (Å²) in [5.74, 6) is 5.24. The van der Waals surface area contributed by atoms with Crippen molar-refractivity contribution in [3.05, 3.63) is 28.8 Å². The SMILES string of the molecule is CC1(O)CCCN(C(=O)c2cc(Cl)ccc2NN)C1. The van der Waals surface area contributed by atoms with E-state index in [1.54, 1.807) is 30.0 Å². The predicted molar refractivity (Wildman–Crippen MR) is 75.0 cm³/mol. The molecular formula is C13H18ClN3O2. The quantitative estimate of drug-likeness (QED) is 0.569. The Kier molecular flexibility index (Phi) is 3.99. The van der Waals surface area contributed by atoms with E-state index in [0.717, 1.165) is 6.42 Å². The van der Waals surface area contributed by atoms with Crippen LogP contribution in [-0.4, -0.2) is 34.6 Å². The lowest BCUT2D eigenvalue weighted by Gasteiger charge is -2.37. The van der Waals surface area contributed by atoms with Crippen LogP contribution < -0.4 is 11.3 Å². The topological polar surface area (TPSA) is 78.6 Å². The number of halogens is 1. The molecule has 1 aliphatic rings. The number of piperidine rings is 1. The van der Waals surface area contributed by atoms with E-state index in [2.05, 4.69) is 5.43 Å². The summed E-state index contributed by atoms with van der Waals surface area (Å²) in [5, 5.41) is 10.5. The van der Waals surface area contributed by atoms with Gasteiger partial charge in [-0.05, 0) is 38.0 Å². The van der Waals surface area contributed by atoms with Gasteiger partial charge in [0.25, 0.3) is 5.91 Å². The summed E-state index contributed by atoms with van der Waals surface area (Å²) < 4.78 is 0. The van der Waals surface area contributed by atoms with E-state index in [1.807, 2.05) is 0 Å². The third kappa shape index (κ3) is 3.18. The molecule has 0 saturated carbocycles. The number of hydrogen-bond acceptors (Lipinski definition) is 4. The average molecular weight is 284 g/mol. The first-order valence-corrected chi connectivity index (χ1v) is 6.58. The third-order valence-electron chi connectivity index (χ3n) is 3.33. The molecule has 19 heavy (non-hydrogen) atoms. The summed E-state index contributed by atoms with van der Waals surface area (Å²) in [4.78, 5) is 14.1. The first kappa shape index (κ1) is 14.1. The lowest BCUT2D eigenvalue weighted by Crippen LogP contribution is -2.48. The zero-order valence-electron chi connectivity index (χ0n) is 10.8. The first-order valence-electron chi connectivity index (χ1n) is 6.21. The molecule has 1 amide bonds. The van der Waals surface area contributed by atoms with Crippen molar-refractivity contribution < 1.29 is 9.90 Å². The maximum absolute atomic E-state index is 12.5. The highest BCUT2D eigenvalue weighted by molar-refractivity contribution is 6.31. The van der Waals surface area contributed by atoms with E-state index < -0.39 is 5.60 Å². The van der Waals surface area contributed by atoms with E-state index in [0.29, 0.717) is 35.8 Å². The summed E-state index contributed by atoms with van der Waals surface area (Å²) >= 11 is 5.92. The summed E-state index contributed by atoms with van der Waals surface area (Å²) in [7, 11) is 0. The van der Waals surface area contributed by atoms with Gasteiger partial charge in [0, 0.05) is 18.1 Å². The van der Waals surface area contributed by atoms with Gasteiger partial charge in [0.15, 0.2) is 0 Å². The highest BCUT2D eigenvalue weighted by Crippen LogP contribution is 2.25. The molecule has 0 bridgehead atoms. The Morgan fingerprint density at radius 3 is 2.95 bits per heavy atom. The summed E-state index contributed by atoms with van der Waals surface area (Å²) in [5.41, 5.74) is 2.62. The number of benzene rings is 1. The first-order chi connectivity index (χ1) is 8.93. The average Bonchev–Trinajstić information content (AvgIpc) is 2.36. The van der Waals surface area contributed by atoms with Crippen LogP contribution in [0.25, 0.3) is 0 Å². The van der Waals surface area contributed by atoms with Gasteiger partial charge in [-0.1, -0.05) is 11.6 Å². The van der Waals surface area contributed by atoms with Gasteiger partial charge in [-0.25, -0.2) is 0 Å². The second-order valence-corrected chi connectivity index (χ2v) is 5.60. The Bertz CT molecular complexity index is 491. The molecule has 0 spiro atoms. The van der Waals surface area contributed by atoms with Crippen molar-refractivity contribution in [3.63, 3.8) is 0 Å². The van der Waals surface area contributed by atoms with Gasteiger partial charge in [0.2, 0.25) is 0 Å². The van der Waals surface area contributed by atoms with Gasteiger partial charge in [0.05, 0.1) is 16.9 Å². The summed E-state index contributed by atoms with van der Waals surface area (Å²) in [6.45, 7) is 2.69. The molecule has 5 nitrogen and oxygen atoms in total. The highest BCUT2D eigenvalue weighted by atomic mass is 35.5. The number of likely N-dealkylation sites (tertiary alicyclic amines) is 1. The summed E-state index contributed by atoms with van der Waals surface area (Å²) in [6.07, 6.45) is 1.49. The van der Waals surface area contributed by atoms with Gasteiger partial charge in [0.1, 0.15) is 0 Å². The van der Waals surface area contributed by atoms with Crippen LogP contribution in [0.4, 0.5) is 5.69 Å². The zero-order valence-corrected chi connectivity index (χ0v) is 11.6. The normalized spacial score (nSPS) is 23.3. The molecule has 0 radical (unpaired) electrons. The van der Waals surface area contributed by atoms with Crippen molar-refractivity contribution in [1.29, 1.82) is 0 Å². The molecule has 1 atom stereocenters. The number of amides is 1. The van der Waals surface area contributed by atoms with Crippen LogP contribution in [0, 0.1) is 0 Å². The number of nitrogen functional groups attached to an aromatic ring is 1. The van der Waals surface area contributed by atoms with Crippen LogP contribution in [-0.2, 0) is 0 Å². The van der Waals surface area contributed by atoms with E-state index in [9.17, 15) is 9.90 Å². The largest absolute Gasteiger partial charge is 0.388 e. The number of nitrogens with one attached hydrogen (secondary N) is 1. The van der Waals surface area contributed by atoms with Crippen LogP contribution in [0.5, 0.6) is 0 Å². The Morgan fingerprint density at radius 2 is 2.32 bits per heavy atom. The number of aliphatic hydroxyl groups is 1. The number of anilines is 1. The van der Waals surface area contributed by atoms with Gasteiger partial charge >= 0.3 is 0 Å². The van der Waals surface area contributed by atoms with Gasteiger partial charge < -0.3 is 15.4 Å². The van der Waals surface area contributed by atoms with Crippen LogP contribution >= 0.6 is 11.6 Å². The fraction of sp³-hybridized carbons (Fsp3) is 0.462. The third-order valence-corrected chi connectivity index (χ3v) is 3.56. The summed E-state index contributed by atoms with van der Waals surface area (Å²) in [6, 6.07) is 4.92. The predicted octanol–water partition coefficient (Wildman–Crippen LogP) is 1.61. The van der Waals surface area contributed by atoms with E-state index in [1.165, 1.54) is 0 Å². The van der Waals surface area contributed by atoms with Crippen molar-refractivity contribution in [2.24, 2.45) is 5.84 Å². The van der Waals surface area contributed by atoms with Crippen molar-refractivity contribution >= 4 is 23.2 Å². The van der Waals surface area contributed by atoms with Crippen molar-refractivity contribution in [1.82, 2.24) is 4.90 Å². The molecule has 1 aromatic rings. The molecule has 1 fully saturated rings. The Morgan fingerprint density at radius 1 is 1.58 bits per heavy atom. The van der Waals surface area contributed by atoms with Crippen molar-refractivity contribution in [2.45, 2.75) is 25.4 Å². The maximum atomic E-state index is 12.5. The van der Waals surface area contributed by atoms with Gasteiger partial charge in [-0.15, -0.1) is 0 Å². The molecule has 4 N–H and O–H groups in total. The zero-order chi connectivity index (χ0) is 14.0. The number of hydrogen-bond donors (Lipinski definition) is 3. The molecule has 0 aromatic heterocycles. The Balaban J connectivity index is 2.26. The number of rotatable bonds is 2. The monoisotopic (exact) mass is 283 g/mol. The minimum atomic E-state index is -0.831. The molecule has 1 aliphatic heterocycles. The van der Waals surface area contributed by atoms with Crippen LogP contribution in [0.1, 0.15) is 30.1 Å². The van der Waals surface area contributed by atoms with Gasteiger partial charge in [-0.3, -0.25) is 10.6 Å². The molecule has 104 valence electrons. The number of carbonyl (C=O) groups is 1. The van der Waals surface area contributed by atoms with E-state index >= 15 is 0 Å². The van der Waals surface area contributed by atoms with Crippen LogP contribution in [0.2, 0.25) is 5.02 Å². The molecule has 2 rings (SSSR count). The maximum Gasteiger partial charge on any atom is 0.256 e. The van der Waals surface area contributed by atoms with Crippen LogP contribution in [0.15, 0.2) is 18.2 Å². The minimum Gasteiger partial charge on any atom is -0.388 e. The number of nitrogens with two attached hydrogens (primary N) is 1. The van der Waals surface area contributed by atoms with E-state index in [4.69, 9.17) is 17.4 Å². The highest BCUT2D eigenvalue weighted by Gasteiger charge is 2.32. The standard InChI is InChI=1S/C13H18ClN3O2/c1-13(19)5-2-6-17(8-13)12(18)10-7-9(14)3-4-11(10)16-15/h3-4,7,16,19H,2,5-6,8,15H2,1H3. The lowest BCUT2D eigenvalue weighted by atomic mass is 9.94. The Hall–Kier alpha value is -1.30. The van der Waals surface area contributed by atoms with Crippen molar-refractivity contribution in [2.75, 3.05) is 18.5 Å².